The second-order valence-electron chi connectivity index (χ2n) is 12.0. The predicted octanol–water partition coefficient (Wildman–Crippen LogP) is 9.16. The van der Waals surface area contributed by atoms with Gasteiger partial charge in [-0.3, -0.25) is 0 Å². The Morgan fingerprint density at radius 2 is 1.33 bits per heavy atom. The van der Waals surface area contributed by atoms with E-state index in [1.165, 1.54) is 33.5 Å². The normalized spacial score (nSPS) is 14.5. The largest absolute Gasteiger partial charge is 0.455 e. The molecule has 0 saturated carbocycles. The van der Waals surface area contributed by atoms with Crippen LogP contribution in [0.2, 0.25) is 0 Å². The number of nitrogens with zero attached hydrogens (tertiary/aromatic N) is 2. The minimum absolute atomic E-state index is 0.105. The van der Waals surface area contributed by atoms with Gasteiger partial charge < -0.3 is 9.23 Å². The number of fused-ring (bicyclic) bond motifs is 11. The molecule has 0 spiro atoms. The molecule has 2 aliphatic rings. The average molecular weight is 538 g/mol. The quantitative estimate of drug-likeness (QED) is 0.206. The van der Waals surface area contributed by atoms with Crippen molar-refractivity contribution in [3.63, 3.8) is 0 Å². The van der Waals surface area contributed by atoms with E-state index in [1.807, 2.05) is 12.1 Å². The van der Waals surface area contributed by atoms with Crippen molar-refractivity contribution in [2.75, 3.05) is 4.81 Å². The van der Waals surface area contributed by atoms with Crippen LogP contribution in [0.25, 0.3) is 55.6 Å². The van der Waals surface area contributed by atoms with E-state index in [1.54, 1.807) is 0 Å². The Morgan fingerprint density at radius 1 is 0.619 bits per heavy atom. The molecule has 3 nitrogen and oxygen atoms in total. The highest BCUT2D eigenvalue weighted by molar-refractivity contribution is 6.84. The van der Waals surface area contributed by atoms with Crippen molar-refractivity contribution in [3.05, 3.63) is 133 Å². The van der Waals surface area contributed by atoms with Crippen LogP contribution >= 0.6 is 0 Å². The Morgan fingerprint density at radius 3 is 2.26 bits per heavy atom. The molecule has 9 rings (SSSR count). The first-order chi connectivity index (χ1) is 20.6. The Bertz CT molecular complexity index is 2210. The molecule has 5 aromatic carbocycles. The molecule has 4 heterocycles. The summed E-state index contributed by atoms with van der Waals surface area (Å²) in [6.45, 7) is 4.99. The van der Waals surface area contributed by atoms with Gasteiger partial charge in [-0.05, 0) is 64.4 Å². The van der Waals surface area contributed by atoms with Crippen molar-refractivity contribution < 1.29 is 4.42 Å². The van der Waals surface area contributed by atoms with Crippen LogP contribution in [0.4, 0.5) is 11.4 Å². The summed E-state index contributed by atoms with van der Waals surface area (Å²) in [5.41, 5.74) is 13.7. The number of para-hydroxylation sites is 3. The number of anilines is 2. The minimum Gasteiger partial charge on any atom is -0.455 e. The fourth-order valence-corrected chi connectivity index (χ4v) is 7.41. The van der Waals surface area contributed by atoms with Gasteiger partial charge in [0.2, 0.25) is 0 Å². The second kappa shape index (κ2) is 8.47. The number of furan rings is 1. The first-order valence-electron chi connectivity index (χ1n) is 14.6. The van der Waals surface area contributed by atoms with Crippen molar-refractivity contribution in [1.82, 2.24) is 4.98 Å². The van der Waals surface area contributed by atoms with Gasteiger partial charge in [0.1, 0.15) is 11.2 Å². The molecule has 2 aliphatic heterocycles. The van der Waals surface area contributed by atoms with Gasteiger partial charge in [0, 0.05) is 38.8 Å². The first-order valence-corrected chi connectivity index (χ1v) is 14.6. The lowest BCUT2D eigenvalue weighted by Crippen LogP contribution is -2.55. The molecular formula is C38H27BN2O. The average Bonchev–Trinajstić information content (AvgIpc) is 3.53. The van der Waals surface area contributed by atoms with Crippen molar-refractivity contribution in [1.29, 1.82) is 0 Å². The van der Waals surface area contributed by atoms with E-state index in [-0.39, 0.29) is 12.2 Å². The van der Waals surface area contributed by atoms with Crippen LogP contribution in [0.5, 0.6) is 0 Å². The summed E-state index contributed by atoms with van der Waals surface area (Å²) in [7, 11) is 0. The van der Waals surface area contributed by atoms with E-state index < -0.39 is 0 Å². The summed E-state index contributed by atoms with van der Waals surface area (Å²) in [5, 5.41) is 2.14. The van der Waals surface area contributed by atoms with Crippen LogP contribution in [-0.2, 0) is 5.31 Å². The molecule has 42 heavy (non-hydrogen) atoms. The molecular weight excluding hydrogens is 511 g/mol. The van der Waals surface area contributed by atoms with E-state index in [4.69, 9.17) is 9.40 Å². The van der Waals surface area contributed by atoms with Crippen LogP contribution in [-0.4, -0.2) is 11.8 Å². The summed E-state index contributed by atoms with van der Waals surface area (Å²) in [6, 6.07) is 45.5. The van der Waals surface area contributed by atoms with E-state index in [0.29, 0.717) is 0 Å². The zero-order chi connectivity index (χ0) is 28.0. The Labute approximate surface area is 245 Å². The van der Waals surface area contributed by atoms with Crippen molar-refractivity contribution in [2.24, 2.45) is 0 Å². The molecule has 4 heteroatoms. The van der Waals surface area contributed by atoms with E-state index in [9.17, 15) is 0 Å². The highest BCUT2D eigenvalue weighted by Crippen LogP contribution is 2.52. The highest BCUT2D eigenvalue weighted by Gasteiger charge is 2.52. The number of benzene rings is 5. The monoisotopic (exact) mass is 538 g/mol. The maximum Gasteiger partial charge on any atom is 0.304 e. The van der Waals surface area contributed by atoms with Gasteiger partial charge in [-0.2, -0.15) is 0 Å². The number of pyridine rings is 1. The van der Waals surface area contributed by atoms with Crippen LogP contribution in [0, 0.1) is 0 Å². The topological polar surface area (TPSA) is 29.3 Å². The highest BCUT2D eigenvalue weighted by atomic mass is 16.3. The SMILES string of the molecule is CC1(C)B2c3ccccc3-c3ccccc3N2c2ccc(-c3cccc(-c4cccc5c4oc4ccccc45)n3)cc21. The zero-order valence-corrected chi connectivity index (χ0v) is 23.5. The summed E-state index contributed by atoms with van der Waals surface area (Å²) in [6.07, 6.45) is 0. The van der Waals surface area contributed by atoms with Gasteiger partial charge >= 0.3 is 6.85 Å². The second-order valence-corrected chi connectivity index (χ2v) is 12.0. The molecule has 0 unspecified atom stereocenters. The van der Waals surface area contributed by atoms with Crippen LogP contribution in [0.3, 0.4) is 0 Å². The lowest BCUT2D eigenvalue weighted by atomic mass is 9.37. The Hall–Kier alpha value is -5.09. The van der Waals surface area contributed by atoms with Gasteiger partial charge in [0.25, 0.3) is 0 Å². The van der Waals surface area contributed by atoms with Gasteiger partial charge in [0.15, 0.2) is 0 Å². The molecule has 0 atom stereocenters. The Balaban J connectivity index is 1.19. The van der Waals surface area contributed by atoms with Crippen molar-refractivity contribution in [3.8, 4) is 33.6 Å². The fourth-order valence-electron chi connectivity index (χ4n) is 7.41. The standard InChI is InChI=1S/C38H27BN2O/c1-38(2)30-23-24(21-22-35(30)41-34-19-7-4-12-26(34)25-11-3-6-16-31(25)39(38)41)32-17-10-18-33(40-32)29-15-9-14-28-27-13-5-8-20-36(27)42-37(28)29/h3-23H,1-2H3. The summed E-state index contributed by atoms with van der Waals surface area (Å²) in [4.78, 5) is 7.75. The third-order valence-electron chi connectivity index (χ3n) is 9.33. The van der Waals surface area contributed by atoms with E-state index in [0.717, 1.165) is 44.5 Å². The van der Waals surface area contributed by atoms with E-state index >= 15 is 0 Å². The molecule has 0 fully saturated rings. The van der Waals surface area contributed by atoms with Crippen molar-refractivity contribution in [2.45, 2.75) is 19.2 Å². The Kier molecular flexibility index (Phi) is 4.76. The summed E-state index contributed by atoms with van der Waals surface area (Å²) < 4.78 is 6.34. The third kappa shape index (κ3) is 3.15. The number of rotatable bonds is 2. The van der Waals surface area contributed by atoms with Gasteiger partial charge in [-0.25, -0.2) is 4.98 Å². The molecule has 198 valence electrons. The molecule has 0 saturated heterocycles. The summed E-state index contributed by atoms with van der Waals surface area (Å²) in [5.74, 6) is 0. The van der Waals surface area contributed by atoms with Gasteiger partial charge in [-0.15, -0.1) is 0 Å². The fraction of sp³-hybridized carbons (Fsp3) is 0.0789. The smallest absolute Gasteiger partial charge is 0.304 e. The number of hydrogen-bond acceptors (Lipinski definition) is 3. The van der Waals surface area contributed by atoms with Crippen molar-refractivity contribution >= 4 is 45.6 Å². The molecule has 0 aliphatic carbocycles. The third-order valence-corrected chi connectivity index (χ3v) is 9.33. The maximum atomic E-state index is 6.34. The minimum atomic E-state index is -0.105. The molecule has 0 radical (unpaired) electrons. The lowest BCUT2D eigenvalue weighted by Gasteiger charge is -2.38. The first kappa shape index (κ1) is 23.6. The van der Waals surface area contributed by atoms with Crippen LogP contribution < -0.4 is 10.3 Å². The summed E-state index contributed by atoms with van der Waals surface area (Å²) >= 11 is 0. The predicted molar refractivity (Wildman–Crippen MR) is 175 cm³/mol. The number of hydrogen-bond donors (Lipinski definition) is 0. The molecule has 0 amide bonds. The van der Waals surface area contributed by atoms with E-state index in [2.05, 4.69) is 134 Å². The molecule has 7 aromatic rings. The van der Waals surface area contributed by atoms with Crippen LogP contribution in [0.15, 0.2) is 132 Å². The van der Waals surface area contributed by atoms with Gasteiger partial charge in [-0.1, -0.05) is 98.8 Å². The maximum absolute atomic E-state index is 6.34. The van der Waals surface area contributed by atoms with Crippen LogP contribution in [0.1, 0.15) is 19.4 Å². The molecule has 0 N–H and O–H groups in total. The number of aromatic nitrogens is 1. The molecule has 2 aromatic heterocycles. The zero-order valence-electron chi connectivity index (χ0n) is 23.5. The molecule has 0 bridgehead atoms. The van der Waals surface area contributed by atoms with Gasteiger partial charge in [0.05, 0.1) is 11.4 Å². The lowest BCUT2D eigenvalue weighted by molar-refractivity contribution is 0.670.